The third kappa shape index (κ3) is 5.37. The second-order valence-corrected chi connectivity index (χ2v) is 10.4. The Morgan fingerprint density at radius 2 is 1.75 bits per heavy atom. The zero-order valence-corrected chi connectivity index (χ0v) is 23.0. The van der Waals surface area contributed by atoms with Gasteiger partial charge >= 0.3 is 5.97 Å². The number of rotatable bonds is 10. The van der Waals surface area contributed by atoms with Gasteiger partial charge in [0.05, 0.1) is 35.8 Å². The van der Waals surface area contributed by atoms with Gasteiger partial charge in [0.1, 0.15) is 11.3 Å². The van der Waals surface area contributed by atoms with Crippen molar-refractivity contribution in [3.05, 3.63) is 105 Å². The molecule has 4 aromatic rings. The van der Waals surface area contributed by atoms with E-state index in [9.17, 15) is 14.4 Å². The first-order valence-electron chi connectivity index (χ1n) is 13.8. The molecular formula is C33H33NO6. The van der Waals surface area contributed by atoms with Crippen LogP contribution in [0.15, 0.2) is 82.0 Å². The fourth-order valence-electron chi connectivity index (χ4n) is 4.84. The number of carbonyl (C=O) groups excluding carboxylic acids is 2. The number of hydrogen-bond acceptors (Lipinski definition) is 6. The Hall–Kier alpha value is -4.39. The molecule has 0 saturated carbocycles. The molecule has 1 aliphatic rings. The number of amides is 1. The normalized spacial score (nSPS) is 14.6. The van der Waals surface area contributed by atoms with Gasteiger partial charge in [0.15, 0.2) is 5.43 Å². The molecule has 0 radical (unpaired) electrons. The van der Waals surface area contributed by atoms with Gasteiger partial charge in [0, 0.05) is 5.69 Å². The van der Waals surface area contributed by atoms with Crippen molar-refractivity contribution < 1.29 is 23.5 Å². The summed E-state index contributed by atoms with van der Waals surface area (Å²) in [5.41, 5.74) is 2.03. The number of unbranched alkanes of at least 4 members (excludes halogenated alkanes) is 1. The number of esters is 1. The van der Waals surface area contributed by atoms with Crippen LogP contribution in [0.3, 0.4) is 0 Å². The van der Waals surface area contributed by atoms with E-state index in [2.05, 4.69) is 13.8 Å². The molecule has 5 rings (SSSR count). The van der Waals surface area contributed by atoms with Gasteiger partial charge in [0.25, 0.3) is 5.91 Å². The van der Waals surface area contributed by atoms with Gasteiger partial charge in [0.2, 0.25) is 5.76 Å². The third-order valence-electron chi connectivity index (χ3n) is 7.03. The number of anilines is 1. The summed E-state index contributed by atoms with van der Waals surface area (Å²) in [6, 6.07) is 20.3. The highest BCUT2D eigenvalue weighted by molar-refractivity contribution is 6.10. The maximum atomic E-state index is 13.9. The first-order chi connectivity index (χ1) is 19.4. The van der Waals surface area contributed by atoms with E-state index < -0.39 is 17.9 Å². The Balaban J connectivity index is 1.57. The molecule has 7 nitrogen and oxygen atoms in total. The quantitative estimate of drug-likeness (QED) is 0.161. The van der Waals surface area contributed by atoms with Crippen LogP contribution in [0, 0.1) is 5.92 Å². The number of fused-ring (bicyclic) bond motifs is 2. The number of benzene rings is 3. The zero-order chi connectivity index (χ0) is 28.2. The summed E-state index contributed by atoms with van der Waals surface area (Å²) in [6.45, 7) is 7.22. The fraction of sp³-hybridized carbons (Fsp3) is 0.303. The van der Waals surface area contributed by atoms with Crippen LogP contribution in [0.4, 0.5) is 5.69 Å². The van der Waals surface area contributed by atoms with Crippen molar-refractivity contribution in [2.45, 2.75) is 46.1 Å². The number of carbonyl (C=O) groups is 2. The second-order valence-electron chi connectivity index (χ2n) is 10.4. The van der Waals surface area contributed by atoms with Crippen LogP contribution in [0.5, 0.6) is 5.75 Å². The molecule has 0 bridgehead atoms. The predicted molar refractivity (Wildman–Crippen MR) is 154 cm³/mol. The van der Waals surface area contributed by atoms with E-state index in [0.717, 1.165) is 24.8 Å². The van der Waals surface area contributed by atoms with Crippen LogP contribution in [-0.4, -0.2) is 25.1 Å². The summed E-state index contributed by atoms with van der Waals surface area (Å²) in [5, 5.41) is 0.412. The van der Waals surface area contributed by atoms with Crippen LogP contribution in [0.1, 0.15) is 78.1 Å². The summed E-state index contributed by atoms with van der Waals surface area (Å²) in [5.74, 6) is 0.342. The highest BCUT2D eigenvalue weighted by atomic mass is 16.5. The highest BCUT2D eigenvalue weighted by Gasteiger charge is 2.43. The number of hydrogen-bond donors (Lipinski definition) is 0. The van der Waals surface area contributed by atoms with E-state index in [1.807, 2.05) is 31.2 Å². The molecule has 1 amide bonds. The third-order valence-corrected chi connectivity index (χ3v) is 7.03. The molecule has 1 unspecified atom stereocenters. The topological polar surface area (TPSA) is 86.0 Å². The average Bonchev–Trinajstić information content (AvgIpc) is 3.25. The molecule has 0 aliphatic carbocycles. The first kappa shape index (κ1) is 27.2. The molecule has 40 heavy (non-hydrogen) atoms. The number of nitrogens with zero attached hydrogens (tertiary/aromatic N) is 1. The number of ether oxygens (including phenoxy) is 2. The summed E-state index contributed by atoms with van der Waals surface area (Å²) in [4.78, 5) is 41.7. The smallest absolute Gasteiger partial charge is 0.338 e. The first-order valence-corrected chi connectivity index (χ1v) is 13.8. The SMILES string of the molecule is CCCCOC(=O)c1ccc(N2C(=O)c3oc4ccccc4c(=O)c3C2c2cccc(OCCC(C)C)c2)cc1. The summed E-state index contributed by atoms with van der Waals surface area (Å²) >= 11 is 0. The van der Waals surface area contributed by atoms with Gasteiger partial charge in [-0.2, -0.15) is 0 Å². The molecule has 1 aliphatic heterocycles. The van der Waals surface area contributed by atoms with E-state index in [1.54, 1.807) is 53.4 Å². The Bertz CT molecular complexity index is 1590. The predicted octanol–water partition coefficient (Wildman–Crippen LogP) is 6.92. The molecule has 2 heterocycles. The van der Waals surface area contributed by atoms with Crippen molar-refractivity contribution in [2.24, 2.45) is 5.92 Å². The van der Waals surface area contributed by atoms with Crippen molar-refractivity contribution >= 4 is 28.5 Å². The second kappa shape index (κ2) is 11.8. The lowest BCUT2D eigenvalue weighted by atomic mass is 9.98. The molecule has 0 saturated heterocycles. The molecule has 0 fully saturated rings. The lowest BCUT2D eigenvalue weighted by Crippen LogP contribution is -2.29. The zero-order valence-electron chi connectivity index (χ0n) is 23.0. The van der Waals surface area contributed by atoms with Crippen LogP contribution in [0.2, 0.25) is 0 Å². The molecule has 0 spiro atoms. The maximum absolute atomic E-state index is 13.9. The van der Waals surface area contributed by atoms with Crippen molar-refractivity contribution in [3.63, 3.8) is 0 Å². The molecule has 3 aromatic carbocycles. The minimum atomic E-state index is -0.737. The molecule has 1 atom stereocenters. The lowest BCUT2D eigenvalue weighted by Gasteiger charge is -2.25. The van der Waals surface area contributed by atoms with Gasteiger partial charge in [-0.15, -0.1) is 0 Å². The van der Waals surface area contributed by atoms with Crippen LogP contribution >= 0.6 is 0 Å². The number of para-hydroxylation sites is 1. The average molecular weight is 540 g/mol. The van der Waals surface area contributed by atoms with Crippen molar-refractivity contribution in [3.8, 4) is 5.75 Å². The Morgan fingerprint density at radius 3 is 2.50 bits per heavy atom. The maximum Gasteiger partial charge on any atom is 0.338 e. The van der Waals surface area contributed by atoms with E-state index in [0.29, 0.717) is 47.1 Å². The fourth-order valence-corrected chi connectivity index (χ4v) is 4.84. The van der Waals surface area contributed by atoms with E-state index in [4.69, 9.17) is 13.9 Å². The van der Waals surface area contributed by atoms with Crippen LogP contribution < -0.4 is 15.1 Å². The van der Waals surface area contributed by atoms with Gasteiger partial charge in [-0.3, -0.25) is 14.5 Å². The van der Waals surface area contributed by atoms with E-state index in [1.165, 1.54) is 0 Å². The van der Waals surface area contributed by atoms with Gasteiger partial charge < -0.3 is 13.9 Å². The van der Waals surface area contributed by atoms with Crippen molar-refractivity contribution in [1.29, 1.82) is 0 Å². The van der Waals surface area contributed by atoms with Crippen molar-refractivity contribution in [2.75, 3.05) is 18.1 Å². The summed E-state index contributed by atoms with van der Waals surface area (Å²) < 4.78 is 17.4. The van der Waals surface area contributed by atoms with Gasteiger partial charge in [-0.1, -0.05) is 51.5 Å². The van der Waals surface area contributed by atoms with Gasteiger partial charge in [-0.05, 0) is 72.9 Å². The van der Waals surface area contributed by atoms with Gasteiger partial charge in [-0.25, -0.2) is 4.79 Å². The van der Waals surface area contributed by atoms with E-state index in [-0.39, 0.29) is 16.8 Å². The lowest BCUT2D eigenvalue weighted by molar-refractivity contribution is 0.0499. The standard InChI is InChI=1S/C33H33NO6/c1-4-5-18-39-33(37)22-13-15-24(16-14-22)34-29(23-9-8-10-25(20-23)38-19-17-21(2)3)28-30(35)26-11-6-7-12-27(26)40-31(28)32(34)36/h6-16,20-21,29H,4-5,17-19H2,1-3H3. The monoisotopic (exact) mass is 539 g/mol. The van der Waals surface area contributed by atoms with Crippen LogP contribution in [0.25, 0.3) is 11.0 Å². The molecule has 7 heteroatoms. The molecular weight excluding hydrogens is 506 g/mol. The summed E-state index contributed by atoms with van der Waals surface area (Å²) in [7, 11) is 0. The Kier molecular flexibility index (Phi) is 8.01. The largest absolute Gasteiger partial charge is 0.494 e. The van der Waals surface area contributed by atoms with Crippen LogP contribution in [-0.2, 0) is 4.74 Å². The molecule has 206 valence electrons. The minimum Gasteiger partial charge on any atom is -0.494 e. The van der Waals surface area contributed by atoms with Crippen molar-refractivity contribution in [1.82, 2.24) is 0 Å². The molecule has 1 aromatic heterocycles. The minimum absolute atomic E-state index is 0.0166. The highest BCUT2D eigenvalue weighted by Crippen LogP contribution is 2.42. The Labute approximate surface area is 233 Å². The van der Waals surface area contributed by atoms with E-state index >= 15 is 0 Å². The Morgan fingerprint density at radius 1 is 0.975 bits per heavy atom. The summed E-state index contributed by atoms with van der Waals surface area (Å²) in [6.07, 6.45) is 2.63. The molecule has 0 N–H and O–H groups in total.